The zero-order chi connectivity index (χ0) is 19.2. The van der Waals surface area contributed by atoms with Gasteiger partial charge in [0.05, 0.1) is 25.1 Å². The van der Waals surface area contributed by atoms with Crippen LogP contribution in [0.2, 0.25) is 0 Å². The van der Waals surface area contributed by atoms with Crippen molar-refractivity contribution in [1.82, 2.24) is 29.5 Å². The van der Waals surface area contributed by atoms with Gasteiger partial charge in [-0.15, -0.1) is 0 Å². The summed E-state index contributed by atoms with van der Waals surface area (Å²) >= 11 is 0. The van der Waals surface area contributed by atoms with Crippen LogP contribution in [0.25, 0.3) is 11.3 Å². The second-order valence-corrected chi connectivity index (χ2v) is 7.63. The first-order valence-corrected chi connectivity index (χ1v) is 10.4. The predicted octanol–water partition coefficient (Wildman–Crippen LogP) is 1.11. The molecule has 0 saturated carbocycles. The summed E-state index contributed by atoms with van der Waals surface area (Å²) in [5.74, 6) is 0.830. The monoisotopic (exact) mass is 385 g/mol. The molecule has 0 unspecified atom stereocenters. The number of rotatable bonds is 6. The van der Waals surface area contributed by atoms with Crippen LogP contribution in [-0.4, -0.2) is 95.1 Å². The Morgan fingerprint density at radius 3 is 2.61 bits per heavy atom. The standard InChI is InChI=1S/C20H31N7O/c1-24-17-18(16-22-24)19-4-5-21-20(23-19)27-9-3-8-25(10-11-27)6-2-7-26-12-14-28-15-13-26/h4-5,16-17H,2-3,6-15H2,1H3. The first-order valence-electron chi connectivity index (χ1n) is 10.4. The smallest absolute Gasteiger partial charge is 0.225 e. The lowest BCUT2D eigenvalue weighted by molar-refractivity contribution is 0.0362. The van der Waals surface area contributed by atoms with Gasteiger partial charge in [-0.2, -0.15) is 5.10 Å². The molecule has 2 saturated heterocycles. The quantitative estimate of drug-likeness (QED) is 0.738. The molecule has 0 N–H and O–H groups in total. The molecule has 152 valence electrons. The second-order valence-electron chi connectivity index (χ2n) is 7.63. The average molecular weight is 386 g/mol. The summed E-state index contributed by atoms with van der Waals surface area (Å²) in [5, 5.41) is 4.25. The number of ether oxygens (including phenoxy) is 1. The zero-order valence-electron chi connectivity index (χ0n) is 16.8. The third-order valence-electron chi connectivity index (χ3n) is 5.57. The predicted molar refractivity (Wildman–Crippen MR) is 109 cm³/mol. The van der Waals surface area contributed by atoms with Gasteiger partial charge in [0.1, 0.15) is 0 Å². The number of aromatic nitrogens is 4. The van der Waals surface area contributed by atoms with Gasteiger partial charge in [0, 0.05) is 57.7 Å². The van der Waals surface area contributed by atoms with Crippen molar-refractivity contribution in [2.75, 3.05) is 70.5 Å². The van der Waals surface area contributed by atoms with E-state index in [1.807, 2.05) is 31.7 Å². The maximum Gasteiger partial charge on any atom is 0.225 e. The highest BCUT2D eigenvalue weighted by Crippen LogP contribution is 2.19. The van der Waals surface area contributed by atoms with E-state index in [1.165, 1.54) is 19.5 Å². The van der Waals surface area contributed by atoms with Gasteiger partial charge < -0.3 is 14.5 Å². The van der Waals surface area contributed by atoms with Crippen molar-refractivity contribution >= 4 is 5.95 Å². The highest BCUT2D eigenvalue weighted by atomic mass is 16.5. The molecule has 8 nitrogen and oxygen atoms in total. The molecule has 2 aliphatic rings. The molecule has 0 radical (unpaired) electrons. The van der Waals surface area contributed by atoms with E-state index >= 15 is 0 Å². The molecular weight excluding hydrogens is 354 g/mol. The first kappa shape index (κ1) is 19.3. The Kier molecular flexibility index (Phi) is 6.51. The number of aryl methyl sites for hydroxylation is 1. The van der Waals surface area contributed by atoms with Crippen molar-refractivity contribution in [3.8, 4) is 11.3 Å². The first-order chi connectivity index (χ1) is 13.8. The molecule has 2 fully saturated rings. The minimum Gasteiger partial charge on any atom is -0.379 e. The molecule has 28 heavy (non-hydrogen) atoms. The Balaban J connectivity index is 1.29. The fourth-order valence-corrected chi connectivity index (χ4v) is 3.95. The third-order valence-corrected chi connectivity index (χ3v) is 5.57. The summed E-state index contributed by atoms with van der Waals surface area (Å²) in [4.78, 5) is 16.8. The molecule has 2 aromatic heterocycles. The van der Waals surface area contributed by atoms with Gasteiger partial charge in [0.2, 0.25) is 5.95 Å². The SMILES string of the molecule is Cn1cc(-c2ccnc(N3CCCN(CCCN4CCOCC4)CC3)n2)cn1. The van der Waals surface area contributed by atoms with Gasteiger partial charge >= 0.3 is 0 Å². The normalized spacial score (nSPS) is 19.7. The molecule has 0 bridgehead atoms. The van der Waals surface area contributed by atoms with Gasteiger partial charge in [-0.1, -0.05) is 0 Å². The largest absolute Gasteiger partial charge is 0.379 e. The minimum atomic E-state index is 0.830. The van der Waals surface area contributed by atoms with Crippen molar-refractivity contribution < 1.29 is 4.74 Å². The van der Waals surface area contributed by atoms with Crippen LogP contribution in [0.5, 0.6) is 0 Å². The summed E-state index contributed by atoms with van der Waals surface area (Å²) in [7, 11) is 1.92. The van der Waals surface area contributed by atoms with E-state index in [0.717, 1.165) is 76.1 Å². The molecule has 2 aromatic rings. The summed E-state index contributed by atoms with van der Waals surface area (Å²) in [5.41, 5.74) is 1.97. The summed E-state index contributed by atoms with van der Waals surface area (Å²) < 4.78 is 7.23. The van der Waals surface area contributed by atoms with Crippen LogP contribution in [0.3, 0.4) is 0 Å². The maximum absolute atomic E-state index is 5.43. The van der Waals surface area contributed by atoms with Crippen LogP contribution < -0.4 is 4.90 Å². The van der Waals surface area contributed by atoms with E-state index in [2.05, 4.69) is 24.8 Å². The van der Waals surface area contributed by atoms with Gasteiger partial charge in [-0.05, 0) is 38.5 Å². The number of morpholine rings is 1. The number of hydrogen-bond acceptors (Lipinski definition) is 7. The molecule has 2 aliphatic heterocycles. The van der Waals surface area contributed by atoms with Gasteiger partial charge in [-0.25, -0.2) is 9.97 Å². The topological polar surface area (TPSA) is 62.6 Å². The fourth-order valence-electron chi connectivity index (χ4n) is 3.95. The van der Waals surface area contributed by atoms with Crippen LogP contribution in [-0.2, 0) is 11.8 Å². The van der Waals surface area contributed by atoms with Crippen molar-refractivity contribution in [2.24, 2.45) is 7.05 Å². The van der Waals surface area contributed by atoms with Crippen LogP contribution >= 0.6 is 0 Å². The lowest BCUT2D eigenvalue weighted by Crippen LogP contribution is -2.38. The van der Waals surface area contributed by atoms with E-state index < -0.39 is 0 Å². The van der Waals surface area contributed by atoms with Crippen LogP contribution in [0.15, 0.2) is 24.7 Å². The van der Waals surface area contributed by atoms with E-state index in [-0.39, 0.29) is 0 Å². The molecular formula is C20H31N7O. The molecule has 4 heterocycles. The van der Waals surface area contributed by atoms with Gasteiger partial charge in [-0.3, -0.25) is 9.58 Å². The second kappa shape index (κ2) is 9.45. The number of anilines is 1. The van der Waals surface area contributed by atoms with Gasteiger partial charge in [0.25, 0.3) is 0 Å². The number of nitrogens with zero attached hydrogens (tertiary/aromatic N) is 7. The number of hydrogen-bond donors (Lipinski definition) is 0. The maximum atomic E-state index is 5.43. The Bertz CT molecular complexity index is 744. The summed E-state index contributed by atoms with van der Waals surface area (Å²) in [6.45, 7) is 10.5. The molecule has 4 rings (SSSR count). The molecule has 0 amide bonds. The summed E-state index contributed by atoms with van der Waals surface area (Å²) in [6.07, 6.45) is 8.08. The molecule has 0 aromatic carbocycles. The van der Waals surface area contributed by atoms with Crippen LogP contribution in [0.1, 0.15) is 12.8 Å². The minimum absolute atomic E-state index is 0.830. The third kappa shape index (κ3) is 5.06. The Morgan fingerprint density at radius 1 is 1.00 bits per heavy atom. The zero-order valence-corrected chi connectivity index (χ0v) is 16.8. The average Bonchev–Trinajstić information content (AvgIpc) is 3.03. The van der Waals surface area contributed by atoms with Crippen LogP contribution in [0.4, 0.5) is 5.95 Å². The van der Waals surface area contributed by atoms with Gasteiger partial charge in [0.15, 0.2) is 0 Å². The van der Waals surface area contributed by atoms with E-state index in [9.17, 15) is 0 Å². The summed E-state index contributed by atoms with van der Waals surface area (Å²) in [6, 6.07) is 1.95. The molecule has 0 spiro atoms. The van der Waals surface area contributed by atoms with Crippen molar-refractivity contribution in [1.29, 1.82) is 0 Å². The van der Waals surface area contributed by atoms with Crippen molar-refractivity contribution in [3.63, 3.8) is 0 Å². The van der Waals surface area contributed by atoms with Crippen molar-refractivity contribution in [3.05, 3.63) is 24.7 Å². The molecule has 0 aliphatic carbocycles. The fraction of sp³-hybridized carbons (Fsp3) is 0.650. The molecule has 8 heteroatoms. The van der Waals surface area contributed by atoms with Crippen LogP contribution in [0, 0.1) is 0 Å². The Labute approximate surface area is 167 Å². The van der Waals surface area contributed by atoms with E-state index in [4.69, 9.17) is 9.72 Å². The van der Waals surface area contributed by atoms with E-state index in [0.29, 0.717) is 0 Å². The Morgan fingerprint density at radius 2 is 1.82 bits per heavy atom. The molecule has 0 atom stereocenters. The highest BCUT2D eigenvalue weighted by Gasteiger charge is 2.18. The van der Waals surface area contributed by atoms with E-state index in [1.54, 1.807) is 4.68 Å². The highest BCUT2D eigenvalue weighted by molar-refractivity contribution is 5.58. The van der Waals surface area contributed by atoms with Crippen molar-refractivity contribution in [2.45, 2.75) is 12.8 Å². The lowest BCUT2D eigenvalue weighted by Gasteiger charge is -2.28. The lowest BCUT2D eigenvalue weighted by atomic mass is 10.2. The Hall–Kier alpha value is -2.03.